The SMILES string of the molecule is C=Cc1ccc([N+](=O)[O-])c(OC(C)C)n1. The van der Waals surface area contributed by atoms with Crippen LogP contribution >= 0.6 is 0 Å². The van der Waals surface area contributed by atoms with Crippen molar-refractivity contribution in [1.82, 2.24) is 4.98 Å². The number of pyridine rings is 1. The molecule has 0 aliphatic heterocycles. The van der Waals surface area contributed by atoms with Crippen LogP contribution in [0.25, 0.3) is 6.08 Å². The zero-order valence-corrected chi connectivity index (χ0v) is 8.64. The lowest BCUT2D eigenvalue weighted by molar-refractivity contribution is -0.386. The second-order valence-electron chi connectivity index (χ2n) is 3.19. The van der Waals surface area contributed by atoms with Crippen molar-refractivity contribution in [1.29, 1.82) is 0 Å². The summed E-state index contributed by atoms with van der Waals surface area (Å²) in [5, 5.41) is 10.7. The Bertz CT molecular complexity index is 388. The Labute approximate surface area is 87.6 Å². The molecule has 0 aliphatic rings. The van der Waals surface area contributed by atoms with Crippen LogP contribution in [0, 0.1) is 10.1 Å². The molecule has 0 radical (unpaired) electrons. The van der Waals surface area contributed by atoms with Crippen LogP contribution in [0.3, 0.4) is 0 Å². The van der Waals surface area contributed by atoms with Gasteiger partial charge in [-0.2, -0.15) is 0 Å². The van der Waals surface area contributed by atoms with E-state index in [9.17, 15) is 10.1 Å². The van der Waals surface area contributed by atoms with Gasteiger partial charge in [-0.15, -0.1) is 0 Å². The molecule has 15 heavy (non-hydrogen) atoms. The number of ether oxygens (including phenoxy) is 1. The molecule has 0 spiro atoms. The highest BCUT2D eigenvalue weighted by Gasteiger charge is 2.17. The molecule has 0 amide bonds. The molecular formula is C10H12N2O3. The Balaban J connectivity index is 3.16. The van der Waals surface area contributed by atoms with Gasteiger partial charge in [-0.25, -0.2) is 4.98 Å². The first-order valence-corrected chi connectivity index (χ1v) is 4.49. The van der Waals surface area contributed by atoms with E-state index in [1.807, 2.05) is 0 Å². The van der Waals surface area contributed by atoms with Crippen molar-refractivity contribution in [3.05, 3.63) is 34.5 Å². The van der Waals surface area contributed by atoms with Crippen molar-refractivity contribution < 1.29 is 9.66 Å². The summed E-state index contributed by atoms with van der Waals surface area (Å²) in [5.41, 5.74) is 0.422. The Morgan fingerprint density at radius 2 is 2.27 bits per heavy atom. The molecule has 0 saturated carbocycles. The highest BCUT2D eigenvalue weighted by Crippen LogP contribution is 2.25. The maximum Gasteiger partial charge on any atom is 0.331 e. The first kappa shape index (κ1) is 11.2. The van der Waals surface area contributed by atoms with Gasteiger partial charge >= 0.3 is 5.69 Å². The molecule has 1 aromatic heterocycles. The average Bonchev–Trinajstić information content (AvgIpc) is 2.16. The predicted octanol–water partition coefficient (Wildman–Crippen LogP) is 2.42. The maximum absolute atomic E-state index is 10.7. The lowest BCUT2D eigenvalue weighted by Crippen LogP contribution is -2.09. The van der Waals surface area contributed by atoms with Crippen LogP contribution < -0.4 is 4.74 Å². The van der Waals surface area contributed by atoms with Gasteiger partial charge in [0.25, 0.3) is 5.88 Å². The molecule has 0 saturated heterocycles. The van der Waals surface area contributed by atoms with Crippen molar-refractivity contribution in [2.75, 3.05) is 0 Å². The van der Waals surface area contributed by atoms with E-state index in [0.717, 1.165) is 0 Å². The summed E-state index contributed by atoms with van der Waals surface area (Å²) in [6.07, 6.45) is 1.35. The van der Waals surface area contributed by atoms with E-state index in [2.05, 4.69) is 11.6 Å². The van der Waals surface area contributed by atoms with E-state index in [4.69, 9.17) is 4.74 Å². The van der Waals surface area contributed by atoms with Gasteiger partial charge in [-0.1, -0.05) is 6.58 Å². The van der Waals surface area contributed by atoms with Gasteiger partial charge in [0, 0.05) is 6.07 Å². The summed E-state index contributed by atoms with van der Waals surface area (Å²) in [4.78, 5) is 14.1. The fourth-order valence-corrected chi connectivity index (χ4v) is 1.01. The molecule has 0 atom stereocenters. The highest BCUT2D eigenvalue weighted by atomic mass is 16.6. The molecule has 0 fully saturated rings. The summed E-state index contributed by atoms with van der Waals surface area (Å²) in [7, 11) is 0. The van der Waals surface area contributed by atoms with Crippen molar-refractivity contribution in [2.45, 2.75) is 20.0 Å². The fourth-order valence-electron chi connectivity index (χ4n) is 1.01. The molecular weight excluding hydrogens is 196 g/mol. The van der Waals surface area contributed by atoms with Gasteiger partial charge in [0.15, 0.2) is 0 Å². The topological polar surface area (TPSA) is 65.3 Å². The number of hydrogen-bond acceptors (Lipinski definition) is 4. The third kappa shape index (κ3) is 2.77. The lowest BCUT2D eigenvalue weighted by Gasteiger charge is -2.08. The van der Waals surface area contributed by atoms with E-state index in [1.54, 1.807) is 13.8 Å². The summed E-state index contributed by atoms with van der Waals surface area (Å²) in [6, 6.07) is 2.89. The molecule has 1 heterocycles. The third-order valence-electron chi connectivity index (χ3n) is 1.61. The molecule has 0 N–H and O–H groups in total. The molecule has 0 aliphatic carbocycles. The minimum Gasteiger partial charge on any atom is -0.470 e. The standard InChI is InChI=1S/C10H12N2O3/c1-4-8-5-6-9(12(13)14)10(11-8)15-7(2)3/h4-7H,1H2,2-3H3. The van der Waals surface area contributed by atoms with E-state index in [-0.39, 0.29) is 17.7 Å². The van der Waals surface area contributed by atoms with Crippen molar-refractivity contribution in [3.8, 4) is 5.88 Å². The molecule has 0 aromatic carbocycles. The van der Waals surface area contributed by atoms with Crippen LogP contribution in [0.4, 0.5) is 5.69 Å². The highest BCUT2D eigenvalue weighted by molar-refractivity contribution is 5.49. The Morgan fingerprint density at radius 3 is 2.73 bits per heavy atom. The van der Waals surface area contributed by atoms with Crippen LogP contribution in [-0.2, 0) is 0 Å². The van der Waals surface area contributed by atoms with Gasteiger partial charge in [0.05, 0.1) is 16.7 Å². The van der Waals surface area contributed by atoms with E-state index >= 15 is 0 Å². The molecule has 80 valence electrons. The molecule has 0 bridgehead atoms. The normalized spacial score (nSPS) is 10.1. The zero-order chi connectivity index (χ0) is 11.4. The second-order valence-corrected chi connectivity index (χ2v) is 3.19. The van der Waals surface area contributed by atoms with Crippen molar-refractivity contribution in [3.63, 3.8) is 0 Å². The molecule has 5 nitrogen and oxygen atoms in total. The van der Waals surface area contributed by atoms with Crippen LogP contribution in [0.15, 0.2) is 18.7 Å². The number of hydrogen-bond donors (Lipinski definition) is 0. The molecule has 5 heteroatoms. The lowest BCUT2D eigenvalue weighted by atomic mass is 10.3. The maximum atomic E-state index is 10.7. The van der Waals surface area contributed by atoms with Gasteiger partial charge in [-0.3, -0.25) is 10.1 Å². The second kappa shape index (κ2) is 4.54. The van der Waals surface area contributed by atoms with Crippen molar-refractivity contribution in [2.24, 2.45) is 0 Å². The number of nitrogens with zero attached hydrogens (tertiary/aromatic N) is 2. The monoisotopic (exact) mass is 208 g/mol. The van der Waals surface area contributed by atoms with Crippen LogP contribution in [0.5, 0.6) is 5.88 Å². The largest absolute Gasteiger partial charge is 0.470 e. The smallest absolute Gasteiger partial charge is 0.331 e. The predicted molar refractivity (Wildman–Crippen MR) is 56.7 cm³/mol. The summed E-state index contributed by atoms with van der Waals surface area (Å²) in [5.74, 6) is 0.0346. The van der Waals surface area contributed by atoms with E-state index in [1.165, 1.54) is 18.2 Å². The summed E-state index contributed by atoms with van der Waals surface area (Å²) in [6.45, 7) is 7.11. The van der Waals surface area contributed by atoms with Gasteiger partial charge in [-0.05, 0) is 26.0 Å². The number of rotatable bonds is 4. The first-order chi connectivity index (χ1) is 7.04. The Kier molecular flexibility index (Phi) is 3.38. The fraction of sp³-hybridized carbons (Fsp3) is 0.300. The van der Waals surface area contributed by atoms with E-state index < -0.39 is 4.92 Å². The van der Waals surface area contributed by atoms with Crippen molar-refractivity contribution >= 4 is 11.8 Å². The molecule has 1 rings (SSSR count). The van der Waals surface area contributed by atoms with Gasteiger partial charge in [0.2, 0.25) is 0 Å². The quantitative estimate of drug-likeness (QED) is 0.563. The molecule has 1 aromatic rings. The van der Waals surface area contributed by atoms with E-state index in [0.29, 0.717) is 5.69 Å². The molecule has 0 unspecified atom stereocenters. The number of aromatic nitrogens is 1. The minimum atomic E-state index is -0.516. The average molecular weight is 208 g/mol. The first-order valence-electron chi connectivity index (χ1n) is 4.49. The van der Waals surface area contributed by atoms with Crippen LogP contribution in [-0.4, -0.2) is 16.0 Å². The van der Waals surface area contributed by atoms with Crippen LogP contribution in [0.1, 0.15) is 19.5 Å². The Hall–Kier alpha value is -1.91. The van der Waals surface area contributed by atoms with Crippen LogP contribution in [0.2, 0.25) is 0 Å². The summed E-state index contributed by atoms with van der Waals surface area (Å²) >= 11 is 0. The number of nitro groups is 1. The third-order valence-corrected chi connectivity index (χ3v) is 1.61. The van der Waals surface area contributed by atoms with Gasteiger partial charge in [0.1, 0.15) is 0 Å². The Morgan fingerprint density at radius 1 is 1.60 bits per heavy atom. The summed E-state index contributed by atoms with van der Waals surface area (Å²) < 4.78 is 5.25. The minimum absolute atomic E-state index is 0.0346. The zero-order valence-electron chi connectivity index (χ0n) is 8.64. The van der Waals surface area contributed by atoms with Gasteiger partial charge < -0.3 is 4.74 Å².